The van der Waals surface area contributed by atoms with Crippen LogP contribution in [-0.4, -0.2) is 39.8 Å². The largest absolute Gasteiger partial charge is 0.496 e. The molecule has 0 bridgehead atoms. The lowest BCUT2D eigenvalue weighted by Crippen LogP contribution is -2.30. The number of methoxy groups -OCH3 is 3. The average Bonchev–Trinajstić information content (AvgIpc) is 2.72. The van der Waals surface area contributed by atoms with Gasteiger partial charge in [-0.2, -0.15) is 0 Å². The molecule has 0 radical (unpaired) electrons. The molecule has 0 unspecified atom stereocenters. The molecule has 0 saturated heterocycles. The third-order valence-corrected chi connectivity index (χ3v) is 4.67. The zero-order chi connectivity index (χ0) is 20.7. The van der Waals surface area contributed by atoms with E-state index in [1.807, 2.05) is 24.3 Å². The first-order chi connectivity index (χ1) is 13.4. The van der Waals surface area contributed by atoms with Crippen molar-refractivity contribution in [1.82, 2.24) is 5.32 Å². The van der Waals surface area contributed by atoms with Gasteiger partial charge >= 0.3 is 0 Å². The molecule has 6 heteroatoms. The average molecular weight is 386 g/mol. The van der Waals surface area contributed by atoms with Gasteiger partial charge in [0.25, 0.3) is 5.91 Å². The highest BCUT2D eigenvalue weighted by Gasteiger charge is 2.15. The van der Waals surface area contributed by atoms with E-state index in [9.17, 15) is 4.79 Å². The Balaban J connectivity index is 2.14. The van der Waals surface area contributed by atoms with Crippen molar-refractivity contribution in [2.24, 2.45) is 0 Å². The van der Waals surface area contributed by atoms with E-state index in [-0.39, 0.29) is 12.5 Å². The van der Waals surface area contributed by atoms with E-state index in [1.54, 1.807) is 33.5 Å². The minimum absolute atomic E-state index is 0.154. The maximum atomic E-state index is 12.6. The number of carbonyl (C=O) groups excluding carboxylic acids is 1. The summed E-state index contributed by atoms with van der Waals surface area (Å²) >= 11 is 0. The predicted octanol–water partition coefficient (Wildman–Crippen LogP) is 3.88. The van der Waals surface area contributed by atoms with Crippen molar-refractivity contribution in [3.05, 3.63) is 47.5 Å². The van der Waals surface area contributed by atoms with Crippen LogP contribution in [0.4, 0.5) is 5.69 Å². The van der Waals surface area contributed by atoms with E-state index < -0.39 is 0 Å². The standard InChI is InChI=1S/C22H30N2O4/c1-7-24(15(2)3)17-10-8-16(9-11-17)22(25)23-14-19-20(27-5)12-18(26-4)13-21(19)28-6/h8-13,15H,7,14H2,1-6H3,(H,23,25). The zero-order valence-electron chi connectivity index (χ0n) is 17.5. The summed E-state index contributed by atoms with van der Waals surface area (Å²) in [6.07, 6.45) is 0. The monoisotopic (exact) mass is 386 g/mol. The van der Waals surface area contributed by atoms with Gasteiger partial charge in [-0.3, -0.25) is 4.79 Å². The third-order valence-electron chi connectivity index (χ3n) is 4.67. The van der Waals surface area contributed by atoms with Gasteiger partial charge in [0.2, 0.25) is 0 Å². The van der Waals surface area contributed by atoms with Crippen LogP contribution in [0.5, 0.6) is 17.2 Å². The highest BCUT2D eigenvalue weighted by molar-refractivity contribution is 5.94. The summed E-state index contributed by atoms with van der Waals surface area (Å²) in [5, 5.41) is 2.93. The summed E-state index contributed by atoms with van der Waals surface area (Å²) in [6.45, 7) is 7.63. The van der Waals surface area contributed by atoms with Gasteiger partial charge in [0.15, 0.2) is 0 Å². The van der Waals surface area contributed by atoms with Crippen LogP contribution in [0.1, 0.15) is 36.7 Å². The molecule has 28 heavy (non-hydrogen) atoms. The van der Waals surface area contributed by atoms with Crippen molar-refractivity contribution in [1.29, 1.82) is 0 Å². The molecule has 0 spiro atoms. The first kappa shape index (κ1) is 21.4. The highest BCUT2D eigenvalue weighted by Crippen LogP contribution is 2.34. The van der Waals surface area contributed by atoms with Gasteiger partial charge in [0, 0.05) is 36.0 Å². The van der Waals surface area contributed by atoms with Crippen LogP contribution in [0.15, 0.2) is 36.4 Å². The first-order valence-corrected chi connectivity index (χ1v) is 9.38. The van der Waals surface area contributed by atoms with Crippen molar-refractivity contribution in [3.8, 4) is 17.2 Å². The predicted molar refractivity (Wildman–Crippen MR) is 112 cm³/mol. The molecule has 0 aliphatic rings. The Morgan fingerprint density at radius 1 is 1.00 bits per heavy atom. The van der Waals surface area contributed by atoms with Crippen molar-refractivity contribution < 1.29 is 19.0 Å². The van der Waals surface area contributed by atoms with Crippen LogP contribution in [0.25, 0.3) is 0 Å². The van der Waals surface area contributed by atoms with E-state index in [0.717, 1.165) is 17.8 Å². The van der Waals surface area contributed by atoms with Crippen LogP contribution in [0.3, 0.4) is 0 Å². The summed E-state index contributed by atoms with van der Waals surface area (Å²) < 4.78 is 16.1. The normalized spacial score (nSPS) is 10.5. The van der Waals surface area contributed by atoms with E-state index in [2.05, 4.69) is 31.0 Å². The molecular weight excluding hydrogens is 356 g/mol. The van der Waals surface area contributed by atoms with E-state index in [1.165, 1.54) is 0 Å². The third kappa shape index (κ3) is 4.88. The lowest BCUT2D eigenvalue weighted by Gasteiger charge is -2.27. The number of benzene rings is 2. The van der Waals surface area contributed by atoms with E-state index >= 15 is 0 Å². The van der Waals surface area contributed by atoms with Crippen molar-refractivity contribution >= 4 is 11.6 Å². The molecule has 0 atom stereocenters. The van der Waals surface area contributed by atoms with Crippen LogP contribution >= 0.6 is 0 Å². The van der Waals surface area contributed by atoms with E-state index in [4.69, 9.17) is 14.2 Å². The lowest BCUT2D eigenvalue weighted by atomic mass is 10.1. The molecule has 2 rings (SSSR count). The van der Waals surface area contributed by atoms with Gasteiger partial charge in [0.1, 0.15) is 17.2 Å². The molecule has 6 nitrogen and oxygen atoms in total. The smallest absolute Gasteiger partial charge is 0.251 e. The summed E-state index contributed by atoms with van der Waals surface area (Å²) in [5.41, 5.74) is 2.47. The first-order valence-electron chi connectivity index (χ1n) is 9.38. The molecule has 0 fully saturated rings. The number of amides is 1. The SMILES string of the molecule is CCN(c1ccc(C(=O)NCc2c(OC)cc(OC)cc2OC)cc1)C(C)C. The maximum absolute atomic E-state index is 12.6. The second-order valence-corrected chi connectivity index (χ2v) is 6.62. The Kier molecular flexibility index (Phi) is 7.55. The molecule has 2 aromatic rings. The van der Waals surface area contributed by atoms with Crippen LogP contribution in [0.2, 0.25) is 0 Å². The molecular formula is C22H30N2O4. The molecule has 0 aliphatic heterocycles. The van der Waals surface area contributed by atoms with Gasteiger partial charge in [-0.15, -0.1) is 0 Å². The number of rotatable bonds is 9. The van der Waals surface area contributed by atoms with Gasteiger partial charge in [-0.1, -0.05) is 0 Å². The number of nitrogens with zero attached hydrogens (tertiary/aromatic N) is 1. The molecule has 0 heterocycles. The summed E-state index contributed by atoms with van der Waals surface area (Å²) in [5.74, 6) is 1.67. The summed E-state index contributed by atoms with van der Waals surface area (Å²) in [7, 11) is 4.73. The fourth-order valence-corrected chi connectivity index (χ4v) is 3.17. The molecule has 1 amide bonds. The molecule has 0 aromatic heterocycles. The van der Waals surface area contributed by atoms with Gasteiger partial charge in [-0.05, 0) is 45.0 Å². The number of hydrogen-bond donors (Lipinski definition) is 1. The second-order valence-electron chi connectivity index (χ2n) is 6.62. The van der Waals surface area contributed by atoms with Crippen molar-refractivity contribution in [2.45, 2.75) is 33.4 Å². The number of hydrogen-bond acceptors (Lipinski definition) is 5. The maximum Gasteiger partial charge on any atom is 0.251 e. The molecule has 152 valence electrons. The van der Waals surface area contributed by atoms with Gasteiger partial charge in [0.05, 0.1) is 33.4 Å². The topological polar surface area (TPSA) is 60.0 Å². The lowest BCUT2D eigenvalue weighted by molar-refractivity contribution is 0.0950. The summed E-state index contributed by atoms with van der Waals surface area (Å²) in [6, 6.07) is 11.6. The number of ether oxygens (including phenoxy) is 3. The summed E-state index contributed by atoms with van der Waals surface area (Å²) in [4.78, 5) is 14.9. The minimum Gasteiger partial charge on any atom is -0.496 e. The van der Waals surface area contributed by atoms with Gasteiger partial charge < -0.3 is 24.4 Å². The second kappa shape index (κ2) is 9.88. The number of carbonyl (C=O) groups is 1. The Hall–Kier alpha value is -2.89. The molecule has 0 saturated carbocycles. The minimum atomic E-state index is -0.154. The Labute approximate surface area is 167 Å². The number of nitrogens with one attached hydrogen (secondary N) is 1. The Morgan fingerprint density at radius 3 is 2.00 bits per heavy atom. The van der Waals surface area contributed by atoms with Gasteiger partial charge in [-0.25, -0.2) is 0 Å². The van der Waals surface area contributed by atoms with Crippen molar-refractivity contribution in [3.63, 3.8) is 0 Å². The fourth-order valence-electron chi connectivity index (χ4n) is 3.17. The Morgan fingerprint density at radius 2 is 1.57 bits per heavy atom. The highest BCUT2D eigenvalue weighted by atomic mass is 16.5. The zero-order valence-corrected chi connectivity index (χ0v) is 17.5. The van der Waals surface area contributed by atoms with Crippen LogP contribution in [-0.2, 0) is 6.54 Å². The van der Waals surface area contributed by atoms with Crippen LogP contribution < -0.4 is 24.4 Å². The molecule has 1 N–H and O–H groups in total. The van der Waals surface area contributed by atoms with Crippen molar-refractivity contribution in [2.75, 3.05) is 32.8 Å². The fraction of sp³-hybridized carbons (Fsp3) is 0.409. The van der Waals surface area contributed by atoms with E-state index in [0.29, 0.717) is 28.9 Å². The molecule has 0 aliphatic carbocycles. The Bertz CT molecular complexity index is 763. The quantitative estimate of drug-likeness (QED) is 0.709. The van der Waals surface area contributed by atoms with Crippen LogP contribution in [0, 0.1) is 0 Å². The number of anilines is 1. The molecule has 2 aromatic carbocycles.